The van der Waals surface area contributed by atoms with Gasteiger partial charge in [-0.05, 0) is 49.1 Å². The molecule has 0 saturated carbocycles. The second-order valence-electron chi connectivity index (χ2n) is 6.68. The first kappa shape index (κ1) is 19.2. The minimum Gasteiger partial charge on any atom is -0.495 e. The predicted molar refractivity (Wildman–Crippen MR) is 104 cm³/mol. The monoisotopic (exact) mass is 387 g/mol. The summed E-state index contributed by atoms with van der Waals surface area (Å²) < 4.78 is 5.23. The van der Waals surface area contributed by atoms with Gasteiger partial charge < -0.3 is 15.0 Å². The van der Waals surface area contributed by atoms with E-state index in [1.54, 1.807) is 41.3 Å². The molecule has 1 aliphatic heterocycles. The van der Waals surface area contributed by atoms with Gasteiger partial charge in [-0.15, -0.1) is 0 Å². The van der Waals surface area contributed by atoms with Gasteiger partial charge in [0.2, 0.25) is 0 Å². The number of rotatable bonds is 4. The van der Waals surface area contributed by atoms with Gasteiger partial charge in [0.05, 0.1) is 12.8 Å². The average Bonchev–Trinajstić information content (AvgIpc) is 2.68. The van der Waals surface area contributed by atoms with Crippen LogP contribution >= 0.6 is 11.6 Å². The third kappa shape index (κ3) is 4.57. The lowest BCUT2D eigenvalue weighted by atomic mass is 9.99. The van der Waals surface area contributed by atoms with Crippen molar-refractivity contribution in [3.8, 4) is 5.75 Å². The smallest absolute Gasteiger partial charge is 0.274 e. The molecule has 2 heterocycles. The van der Waals surface area contributed by atoms with Crippen molar-refractivity contribution in [3.05, 3.63) is 52.8 Å². The molecule has 0 bridgehead atoms. The summed E-state index contributed by atoms with van der Waals surface area (Å²) in [5.74, 6) is 0.545. The molecule has 6 nitrogen and oxygen atoms in total. The zero-order valence-electron chi connectivity index (χ0n) is 15.4. The second-order valence-corrected chi connectivity index (χ2v) is 7.12. The highest BCUT2D eigenvalue weighted by Gasteiger charge is 2.23. The van der Waals surface area contributed by atoms with E-state index in [0.29, 0.717) is 22.4 Å². The fourth-order valence-corrected chi connectivity index (χ4v) is 3.19. The first-order valence-corrected chi connectivity index (χ1v) is 9.27. The van der Waals surface area contributed by atoms with E-state index in [1.807, 2.05) is 0 Å². The third-order valence-electron chi connectivity index (χ3n) is 4.68. The van der Waals surface area contributed by atoms with Crippen molar-refractivity contribution in [2.45, 2.75) is 19.8 Å². The molecule has 0 radical (unpaired) electrons. The lowest BCUT2D eigenvalue weighted by Crippen LogP contribution is -2.38. The number of nitrogens with zero attached hydrogens (tertiary/aromatic N) is 2. The van der Waals surface area contributed by atoms with E-state index in [2.05, 4.69) is 17.2 Å². The van der Waals surface area contributed by atoms with Crippen molar-refractivity contribution in [3.63, 3.8) is 0 Å². The van der Waals surface area contributed by atoms with Crippen LogP contribution in [0.4, 0.5) is 5.69 Å². The molecule has 1 aromatic heterocycles. The second kappa shape index (κ2) is 8.39. The normalized spacial score (nSPS) is 14.7. The van der Waals surface area contributed by atoms with E-state index in [1.165, 1.54) is 7.11 Å². The third-order valence-corrected chi connectivity index (χ3v) is 4.92. The average molecular weight is 388 g/mol. The zero-order chi connectivity index (χ0) is 19.4. The van der Waals surface area contributed by atoms with Gasteiger partial charge in [0, 0.05) is 18.1 Å². The number of aromatic nitrogens is 1. The van der Waals surface area contributed by atoms with Crippen LogP contribution in [0, 0.1) is 5.92 Å². The maximum Gasteiger partial charge on any atom is 0.274 e. The molecule has 7 heteroatoms. The Morgan fingerprint density at radius 3 is 2.59 bits per heavy atom. The molecule has 2 aromatic rings. The molecule has 27 heavy (non-hydrogen) atoms. The molecule has 0 aliphatic carbocycles. The van der Waals surface area contributed by atoms with Crippen molar-refractivity contribution < 1.29 is 14.3 Å². The van der Waals surface area contributed by atoms with Crippen LogP contribution in [0.25, 0.3) is 0 Å². The molecule has 1 saturated heterocycles. The first-order chi connectivity index (χ1) is 13.0. The molecule has 0 unspecified atom stereocenters. The Bertz CT molecular complexity index is 848. The standard InChI is InChI=1S/C20H22ClN3O3/c1-13-8-10-24(11-9-13)20(26)16-5-3-4-15(22-16)19(25)23-17-12-14(21)6-7-18(17)27-2/h3-7,12-13H,8-11H2,1-2H3,(H,23,25). The van der Waals surface area contributed by atoms with Crippen LogP contribution in [0.5, 0.6) is 5.75 Å². The van der Waals surface area contributed by atoms with Gasteiger partial charge in [-0.2, -0.15) is 0 Å². The van der Waals surface area contributed by atoms with Crippen LogP contribution in [0.2, 0.25) is 5.02 Å². The summed E-state index contributed by atoms with van der Waals surface area (Å²) in [4.78, 5) is 31.3. The molecule has 142 valence electrons. The Labute approximate surface area is 163 Å². The summed E-state index contributed by atoms with van der Waals surface area (Å²) >= 11 is 5.99. The SMILES string of the molecule is COc1ccc(Cl)cc1NC(=O)c1cccc(C(=O)N2CCC(C)CC2)n1. The summed E-state index contributed by atoms with van der Waals surface area (Å²) in [5, 5.41) is 3.21. The van der Waals surface area contributed by atoms with Crippen molar-refractivity contribution in [2.24, 2.45) is 5.92 Å². The molecule has 2 amide bonds. The van der Waals surface area contributed by atoms with E-state index in [9.17, 15) is 9.59 Å². The minimum atomic E-state index is -0.433. The first-order valence-electron chi connectivity index (χ1n) is 8.89. The number of piperidine rings is 1. The molecule has 1 aliphatic rings. The van der Waals surface area contributed by atoms with E-state index in [0.717, 1.165) is 25.9 Å². The summed E-state index contributed by atoms with van der Waals surface area (Å²) in [6.45, 7) is 3.63. The van der Waals surface area contributed by atoms with Gasteiger partial charge in [0.25, 0.3) is 11.8 Å². The fourth-order valence-electron chi connectivity index (χ4n) is 3.02. The molecule has 0 atom stereocenters. The highest BCUT2D eigenvalue weighted by atomic mass is 35.5. The van der Waals surface area contributed by atoms with Crippen LogP contribution in [0.15, 0.2) is 36.4 Å². The quantitative estimate of drug-likeness (QED) is 0.864. The van der Waals surface area contributed by atoms with Gasteiger partial charge in [-0.1, -0.05) is 24.6 Å². The molecule has 1 fully saturated rings. The highest BCUT2D eigenvalue weighted by Crippen LogP contribution is 2.28. The van der Waals surface area contributed by atoms with Gasteiger partial charge in [0.15, 0.2) is 0 Å². The molecular weight excluding hydrogens is 366 g/mol. The number of carbonyl (C=O) groups excluding carboxylic acids is 2. The Hall–Kier alpha value is -2.60. The maximum atomic E-state index is 12.7. The number of nitrogens with one attached hydrogen (secondary N) is 1. The number of amides is 2. The summed E-state index contributed by atoms with van der Waals surface area (Å²) in [7, 11) is 1.51. The number of halogens is 1. The maximum absolute atomic E-state index is 12.7. The van der Waals surface area contributed by atoms with Crippen molar-refractivity contribution >= 4 is 29.1 Å². The molecule has 1 aromatic carbocycles. The number of pyridine rings is 1. The van der Waals surface area contributed by atoms with Crippen LogP contribution in [0.3, 0.4) is 0 Å². The van der Waals surface area contributed by atoms with Crippen LogP contribution in [-0.2, 0) is 0 Å². The molecule has 3 rings (SSSR count). The predicted octanol–water partition coefficient (Wildman–Crippen LogP) is 3.87. The van der Waals surface area contributed by atoms with E-state index in [-0.39, 0.29) is 17.3 Å². The topological polar surface area (TPSA) is 71.5 Å². The van der Waals surface area contributed by atoms with Gasteiger partial charge in [-0.25, -0.2) is 4.98 Å². The summed E-state index contributed by atoms with van der Waals surface area (Å²) in [6.07, 6.45) is 1.97. The van der Waals surface area contributed by atoms with Crippen molar-refractivity contribution in [1.82, 2.24) is 9.88 Å². The number of hydrogen-bond donors (Lipinski definition) is 1. The Morgan fingerprint density at radius 1 is 1.19 bits per heavy atom. The lowest BCUT2D eigenvalue weighted by Gasteiger charge is -2.30. The number of methoxy groups -OCH3 is 1. The van der Waals surface area contributed by atoms with Gasteiger partial charge in [-0.3, -0.25) is 9.59 Å². The van der Waals surface area contributed by atoms with E-state index >= 15 is 0 Å². The number of benzene rings is 1. The summed E-state index contributed by atoms with van der Waals surface area (Å²) in [5.41, 5.74) is 0.877. The lowest BCUT2D eigenvalue weighted by molar-refractivity contribution is 0.0691. The number of ether oxygens (including phenoxy) is 1. The molecular formula is C20H22ClN3O3. The van der Waals surface area contributed by atoms with E-state index < -0.39 is 5.91 Å². The molecule has 1 N–H and O–H groups in total. The van der Waals surface area contributed by atoms with Crippen LogP contribution in [0.1, 0.15) is 40.7 Å². The number of carbonyl (C=O) groups is 2. The van der Waals surface area contributed by atoms with Crippen molar-refractivity contribution in [1.29, 1.82) is 0 Å². The van der Waals surface area contributed by atoms with Gasteiger partial charge in [0.1, 0.15) is 17.1 Å². The number of hydrogen-bond acceptors (Lipinski definition) is 4. The number of likely N-dealkylation sites (tertiary alicyclic amines) is 1. The number of anilines is 1. The highest BCUT2D eigenvalue weighted by molar-refractivity contribution is 6.31. The van der Waals surface area contributed by atoms with Gasteiger partial charge >= 0.3 is 0 Å². The molecule has 0 spiro atoms. The van der Waals surface area contributed by atoms with Crippen LogP contribution in [-0.4, -0.2) is 41.9 Å². The minimum absolute atomic E-state index is 0.142. The fraction of sp³-hybridized carbons (Fsp3) is 0.350. The largest absolute Gasteiger partial charge is 0.495 e. The Morgan fingerprint density at radius 2 is 1.89 bits per heavy atom. The van der Waals surface area contributed by atoms with Crippen molar-refractivity contribution in [2.75, 3.05) is 25.5 Å². The summed E-state index contributed by atoms with van der Waals surface area (Å²) in [6, 6.07) is 9.81. The zero-order valence-corrected chi connectivity index (χ0v) is 16.1. The van der Waals surface area contributed by atoms with E-state index in [4.69, 9.17) is 16.3 Å². The Balaban J connectivity index is 1.76. The van der Waals surface area contributed by atoms with Crippen LogP contribution < -0.4 is 10.1 Å². The Kier molecular flexibility index (Phi) is 5.96.